The summed E-state index contributed by atoms with van der Waals surface area (Å²) in [5.41, 5.74) is 3.14. The van der Waals surface area contributed by atoms with Crippen molar-refractivity contribution in [2.24, 2.45) is 11.1 Å². The van der Waals surface area contributed by atoms with Crippen LogP contribution in [0, 0.1) is 5.92 Å². The van der Waals surface area contributed by atoms with E-state index in [0.29, 0.717) is 6.10 Å². The molecule has 2 aliphatic rings. The quantitative estimate of drug-likeness (QED) is 0.649. The third kappa shape index (κ3) is 2.82. The molecule has 20 heavy (non-hydrogen) atoms. The van der Waals surface area contributed by atoms with Gasteiger partial charge >= 0.3 is 0 Å². The molecular weight excluding hydrogens is 250 g/mol. The summed E-state index contributed by atoms with van der Waals surface area (Å²) in [7, 11) is 0. The molecule has 2 aliphatic carbocycles. The normalized spacial score (nSPS) is 28.1. The highest BCUT2D eigenvalue weighted by Gasteiger charge is 2.22. The first-order valence-corrected chi connectivity index (χ1v) is 7.77. The van der Waals surface area contributed by atoms with E-state index in [1.54, 1.807) is 0 Å². The molecule has 1 aromatic carbocycles. The highest BCUT2D eigenvalue weighted by Crippen LogP contribution is 2.30. The van der Waals surface area contributed by atoms with E-state index in [-0.39, 0.29) is 0 Å². The summed E-state index contributed by atoms with van der Waals surface area (Å²) < 4.78 is 6.15. The van der Waals surface area contributed by atoms with Crippen molar-refractivity contribution < 1.29 is 9.94 Å². The van der Waals surface area contributed by atoms with Crippen LogP contribution < -0.4 is 4.74 Å². The number of rotatable bonds is 2. The van der Waals surface area contributed by atoms with Gasteiger partial charge in [0.2, 0.25) is 0 Å². The van der Waals surface area contributed by atoms with Gasteiger partial charge in [-0.05, 0) is 62.1 Å². The molecule has 1 aromatic rings. The summed E-state index contributed by atoms with van der Waals surface area (Å²) in [6.07, 6.45) is 8.22. The van der Waals surface area contributed by atoms with Crippen molar-refractivity contribution in [2.75, 3.05) is 0 Å². The maximum absolute atomic E-state index is 9.13. The maximum Gasteiger partial charge on any atom is 0.120 e. The monoisotopic (exact) mass is 273 g/mol. The van der Waals surface area contributed by atoms with Crippen molar-refractivity contribution in [3.8, 4) is 5.75 Å². The van der Waals surface area contributed by atoms with Crippen LogP contribution in [-0.2, 0) is 6.42 Å². The molecule has 0 aliphatic heterocycles. The van der Waals surface area contributed by atoms with Crippen LogP contribution in [0.4, 0.5) is 0 Å². The van der Waals surface area contributed by atoms with Crippen LogP contribution in [0.25, 0.3) is 0 Å². The standard InChI is InChI=1S/C17H23NO2/c1-12-4-2-6-14(10-12)20-15-9-8-13-5-3-7-17(18-19)16(13)11-15/h8-9,11-12,14,19H,2-7,10H2,1H3/b18-17-. The summed E-state index contributed by atoms with van der Waals surface area (Å²) in [6, 6.07) is 6.25. The fourth-order valence-corrected chi connectivity index (χ4v) is 3.48. The molecule has 0 heterocycles. The Bertz CT molecular complexity index is 510. The van der Waals surface area contributed by atoms with Gasteiger partial charge in [-0.1, -0.05) is 24.6 Å². The second kappa shape index (κ2) is 5.86. The lowest BCUT2D eigenvalue weighted by Gasteiger charge is -2.28. The van der Waals surface area contributed by atoms with E-state index in [4.69, 9.17) is 9.94 Å². The number of ether oxygens (including phenoxy) is 1. The van der Waals surface area contributed by atoms with Gasteiger partial charge in [-0.25, -0.2) is 0 Å². The van der Waals surface area contributed by atoms with E-state index in [0.717, 1.165) is 55.0 Å². The van der Waals surface area contributed by atoms with Crippen molar-refractivity contribution in [1.82, 2.24) is 0 Å². The summed E-state index contributed by atoms with van der Waals surface area (Å²) in [5.74, 6) is 1.69. The van der Waals surface area contributed by atoms with Crippen LogP contribution >= 0.6 is 0 Å². The zero-order valence-electron chi connectivity index (χ0n) is 12.1. The van der Waals surface area contributed by atoms with Crippen molar-refractivity contribution in [3.63, 3.8) is 0 Å². The largest absolute Gasteiger partial charge is 0.490 e. The predicted molar refractivity (Wildman–Crippen MR) is 79.8 cm³/mol. The van der Waals surface area contributed by atoms with Crippen LogP contribution in [-0.4, -0.2) is 17.0 Å². The Morgan fingerprint density at radius 2 is 2.10 bits per heavy atom. The lowest BCUT2D eigenvalue weighted by Crippen LogP contribution is -2.24. The molecule has 108 valence electrons. The molecule has 3 rings (SSSR count). The number of hydrogen-bond acceptors (Lipinski definition) is 3. The van der Waals surface area contributed by atoms with Crippen LogP contribution in [0.1, 0.15) is 56.6 Å². The number of hydrogen-bond donors (Lipinski definition) is 1. The second-order valence-corrected chi connectivity index (χ2v) is 6.23. The van der Waals surface area contributed by atoms with E-state index in [1.807, 2.05) is 0 Å². The minimum absolute atomic E-state index is 0.343. The van der Waals surface area contributed by atoms with Crippen molar-refractivity contribution in [2.45, 2.75) is 58.0 Å². The van der Waals surface area contributed by atoms with Crippen LogP contribution in [0.3, 0.4) is 0 Å². The van der Waals surface area contributed by atoms with Gasteiger partial charge in [0, 0.05) is 5.56 Å². The lowest BCUT2D eigenvalue weighted by molar-refractivity contribution is 0.129. The number of aryl methyl sites for hydroxylation is 1. The van der Waals surface area contributed by atoms with Gasteiger partial charge in [-0.15, -0.1) is 0 Å². The third-order valence-electron chi connectivity index (χ3n) is 4.56. The number of fused-ring (bicyclic) bond motifs is 1. The SMILES string of the molecule is CC1CCCC(Oc2ccc3c(c2)/C(=N\O)CCC3)C1. The third-order valence-corrected chi connectivity index (χ3v) is 4.56. The van der Waals surface area contributed by atoms with Crippen LogP contribution in [0.15, 0.2) is 23.4 Å². The molecular formula is C17H23NO2. The Balaban J connectivity index is 1.78. The molecule has 1 N–H and O–H groups in total. The first kappa shape index (κ1) is 13.5. The Labute approximate surface area is 120 Å². The average molecular weight is 273 g/mol. The first-order chi connectivity index (χ1) is 9.76. The second-order valence-electron chi connectivity index (χ2n) is 6.23. The minimum atomic E-state index is 0.343. The molecule has 0 saturated heterocycles. The highest BCUT2D eigenvalue weighted by molar-refractivity contribution is 6.02. The summed E-state index contributed by atoms with van der Waals surface area (Å²) in [4.78, 5) is 0. The average Bonchev–Trinajstić information content (AvgIpc) is 2.46. The molecule has 2 atom stereocenters. The fraction of sp³-hybridized carbons (Fsp3) is 0.588. The van der Waals surface area contributed by atoms with E-state index < -0.39 is 0 Å². The van der Waals surface area contributed by atoms with Gasteiger partial charge < -0.3 is 9.94 Å². The molecule has 1 fully saturated rings. The zero-order chi connectivity index (χ0) is 13.9. The van der Waals surface area contributed by atoms with Gasteiger partial charge in [-0.3, -0.25) is 0 Å². The first-order valence-electron chi connectivity index (χ1n) is 7.77. The van der Waals surface area contributed by atoms with Gasteiger partial charge in [0.15, 0.2) is 0 Å². The molecule has 1 saturated carbocycles. The number of benzene rings is 1. The van der Waals surface area contributed by atoms with Crippen molar-refractivity contribution in [3.05, 3.63) is 29.3 Å². The Morgan fingerprint density at radius 1 is 1.20 bits per heavy atom. The summed E-state index contributed by atoms with van der Waals surface area (Å²) >= 11 is 0. The van der Waals surface area contributed by atoms with Crippen LogP contribution in [0.2, 0.25) is 0 Å². The van der Waals surface area contributed by atoms with Crippen molar-refractivity contribution >= 4 is 5.71 Å². The molecule has 0 spiro atoms. The smallest absolute Gasteiger partial charge is 0.120 e. The Kier molecular flexibility index (Phi) is 3.95. The lowest BCUT2D eigenvalue weighted by atomic mass is 9.88. The molecule has 3 nitrogen and oxygen atoms in total. The van der Waals surface area contributed by atoms with E-state index in [2.05, 4.69) is 30.3 Å². The predicted octanol–water partition coefficient (Wildman–Crippen LogP) is 4.16. The van der Waals surface area contributed by atoms with E-state index >= 15 is 0 Å². The molecule has 0 bridgehead atoms. The Hall–Kier alpha value is -1.51. The fourth-order valence-electron chi connectivity index (χ4n) is 3.48. The number of nitrogens with zero attached hydrogens (tertiary/aromatic N) is 1. The summed E-state index contributed by atoms with van der Waals surface area (Å²) in [6.45, 7) is 2.30. The molecule has 3 heteroatoms. The minimum Gasteiger partial charge on any atom is -0.490 e. The van der Waals surface area contributed by atoms with Gasteiger partial charge in [-0.2, -0.15) is 0 Å². The van der Waals surface area contributed by atoms with Gasteiger partial charge in [0.25, 0.3) is 0 Å². The summed E-state index contributed by atoms with van der Waals surface area (Å²) in [5, 5.41) is 12.6. The highest BCUT2D eigenvalue weighted by atomic mass is 16.5. The Morgan fingerprint density at radius 3 is 2.90 bits per heavy atom. The van der Waals surface area contributed by atoms with E-state index in [9.17, 15) is 0 Å². The molecule has 0 radical (unpaired) electrons. The number of oxime groups is 1. The topological polar surface area (TPSA) is 41.8 Å². The van der Waals surface area contributed by atoms with Gasteiger partial charge in [0.05, 0.1) is 11.8 Å². The molecule has 0 aromatic heterocycles. The van der Waals surface area contributed by atoms with E-state index in [1.165, 1.54) is 18.4 Å². The van der Waals surface area contributed by atoms with Crippen molar-refractivity contribution in [1.29, 1.82) is 0 Å². The van der Waals surface area contributed by atoms with Crippen LogP contribution in [0.5, 0.6) is 5.75 Å². The maximum atomic E-state index is 9.13. The molecule has 0 amide bonds. The zero-order valence-corrected chi connectivity index (χ0v) is 12.1. The van der Waals surface area contributed by atoms with Gasteiger partial charge in [0.1, 0.15) is 5.75 Å². The molecule has 2 unspecified atom stereocenters.